The van der Waals surface area contributed by atoms with Crippen LogP contribution in [0.5, 0.6) is 0 Å². The van der Waals surface area contributed by atoms with Crippen molar-refractivity contribution < 1.29 is 13.5 Å². The molecule has 1 N–H and O–H groups in total. The quantitative estimate of drug-likeness (QED) is 0.731. The molecule has 0 radical (unpaired) electrons. The normalized spacial score (nSPS) is 13.9. The first-order valence-corrected chi connectivity index (χ1v) is 6.88. The fourth-order valence-corrected chi connectivity index (χ4v) is 2.30. The standard InChI is InChI=1S/C10H23NO3S/c1-9(2)15(13,14)7-6-11(5)8-10(3,4)12/h9,12H,6-8H2,1-5H3. The highest BCUT2D eigenvalue weighted by Crippen LogP contribution is 2.05. The van der Waals surface area contributed by atoms with E-state index in [1.807, 2.05) is 11.9 Å². The fraction of sp³-hybridized carbons (Fsp3) is 1.00. The van der Waals surface area contributed by atoms with E-state index in [1.54, 1.807) is 27.7 Å². The molecule has 15 heavy (non-hydrogen) atoms. The number of hydrogen-bond donors (Lipinski definition) is 1. The molecule has 0 amide bonds. The highest BCUT2D eigenvalue weighted by Gasteiger charge is 2.19. The van der Waals surface area contributed by atoms with E-state index < -0.39 is 15.4 Å². The van der Waals surface area contributed by atoms with Crippen LogP contribution in [-0.2, 0) is 9.84 Å². The maximum absolute atomic E-state index is 11.5. The van der Waals surface area contributed by atoms with Crippen molar-refractivity contribution in [3.8, 4) is 0 Å². The van der Waals surface area contributed by atoms with Gasteiger partial charge in [-0.2, -0.15) is 0 Å². The minimum Gasteiger partial charge on any atom is -0.389 e. The predicted octanol–water partition coefficient (Wildman–Crippen LogP) is 0.512. The third-order valence-electron chi connectivity index (χ3n) is 2.13. The third-order valence-corrected chi connectivity index (χ3v) is 4.32. The second kappa shape index (κ2) is 5.27. The topological polar surface area (TPSA) is 57.6 Å². The van der Waals surface area contributed by atoms with Gasteiger partial charge in [-0.25, -0.2) is 8.42 Å². The van der Waals surface area contributed by atoms with E-state index >= 15 is 0 Å². The average Bonchev–Trinajstić information content (AvgIpc) is 1.97. The van der Waals surface area contributed by atoms with Crippen LogP contribution in [0, 0.1) is 0 Å². The summed E-state index contributed by atoms with van der Waals surface area (Å²) in [4.78, 5) is 1.83. The lowest BCUT2D eigenvalue weighted by molar-refractivity contribution is 0.0463. The summed E-state index contributed by atoms with van der Waals surface area (Å²) in [5.74, 6) is 0.150. The lowest BCUT2D eigenvalue weighted by atomic mass is 10.1. The lowest BCUT2D eigenvalue weighted by Gasteiger charge is -2.25. The fourth-order valence-electron chi connectivity index (χ4n) is 1.26. The van der Waals surface area contributed by atoms with Crippen LogP contribution in [0.1, 0.15) is 27.7 Å². The molecule has 0 fully saturated rings. The molecule has 0 aromatic heterocycles. The van der Waals surface area contributed by atoms with Gasteiger partial charge in [0.15, 0.2) is 9.84 Å². The molecule has 0 aliphatic heterocycles. The van der Waals surface area contributed by atoms with Gasteiger partial charge in [0.05, 0.1) is 16.6 Å². The Hall–Kier alpha value is -0.130. The number of sulfone groups is 1. The third kappa shape index (κ3) is 6.87. The Bertz CT molecular complexity index is 278. The number of likely N-dealkylation sites (N-methyl/N-ethyl adjacent to an activating group) is 1. The van der Waals surface area contributed by atoms with E-state index in [-0.39, 0.29) is 11.0 Å². The Morgan fingerprint density at radius 1 is 1.33 bits per heavy atom. The zero-order chi connectivity index (χ0) is 12.3. The van der Waals surface area contributed by atoms with Crippen molar-refractivity contribution in [2.45, 2.75) is 38.5 Å². The highest BCUT2D eigenvalue weighted by atomic mass is 32.2. The van der Waals surface area contributed by atoms with E-state index in [0.717, 1.165) is 0 Å². The van der Waals surface area contributed by atoms with Crippen LogP contribution in [0.15, 0.2) is 0 Å². The van der Waals surface area contributed by atoms with E-state index in [1.165, 1.54) is 0 Å². The van der Waals surface area contributed by atoms with Gasteiger partial charge in [0.2, 0.25) is 0 Å². The van der Waals surface area contributed by atoms with Crippen molar-refractivity contribution in [3.63, 3.8) is 0 Å². The summed E-state index contributed by atoms with van der Waals surface area (Å²) >= 11 is 0. The number of hydrogen-bond acceptors (Lipinski definition) is 4. The second-order valence-corrected chi connectivity index (χ2v) is 7.64. The smallest absolute Gasteiger partial charge is 0.153 e. The van der Waals surface area contributed by atoms with Gasteiger partial charge in [0.1, 0.15) is 0 Å². The Balaban J connectivity index is 4.08. The first-order valence-electron chi connectivity index (χ1n) is 5.17. The Morgan fingerprint density at radius 3 is 2.13 bits per heavy atom. The Morgan fingerprint density at radius 2 is 1.80 bits per heavy atom. The number of rotatable bonds is 6. The molecule has 0 heterocycles. The maximum Gasteiger partial charge on any atom is 0.153 e. The molecule has 0 rings (SSSR count). The largest absolute Gasteiger partial charge is 0.389 e. The number of nitrogens with zero attached hydrogens (tertiary/aromatic N) is 1. The van der Waals surface area contributed by atoms with Crippen molar-refractivity contribution in [1.82, 2.24) is 4.90 Å². The summed E-state index contributed by atoms with van der Waals surface area (Å²) in [5.41, 5.74) is -0.781. The first kappa shape index (κ1) is 14.9. The van der Waals surface area contributed by atoms with Crippen LogP contribution in [-0.4, -0.2) is 55.2 Å². The van der Waals surface area contributed by atoms with Crippen molar-refractivity contribution >= 4 is 9.84 Å². The van der Waals surface area contributed by atoms with E-state index in [2.05, 4.69) is 0 Å². The van der Waals surface area contributed by atoms with Crippen LogP contribution in [0.4, 0.5) is 0 Å². The molecule has 0 aromatic rings. The second-order valence-electron chi connectivity index (χ2n) is 4.97. The predicted molar refractivity (Wildman–Crippen MR) is 62.7 cm³/mol. The lowest BCUT2D eigenvalue weighted by Crippen LogP contribution is -2.39. The SMILES string of the molecule is CC(C)S(=O)(=O)CCN(C)CC(C)(C)O. The Kier molecular flexibility index (Phi) is 5.23. The van der Waals surface area contributed by atoms with Crippen molar-refractivity contribution in [2.24, 2.45) is 0 Å². The molecule has 92 valence electrons. The van der Waals surface area contributed by atoms with Crippen molar-refractivity contribution in [2.75, 3.05) is 25.9 Å². The van der Waals surface area contributed by atoms with Gasteiger partial charge in [-0.15, -0.1) is 0 Å². The summed E-state index contributed by atoms with van der Waals surface area (Å²) in [6, 6.07) is 0. The van der Waals surface area contributed by atoms with Gasteiger partial charge in [-0.1, -0.05) is 0 Å². The molecule has 4 nitrogen and oxygen atoms in total. The summed E-state index contributed by atoms with van der Waals surface area (Å²) in [6.45, 7) is 7.72. The summed E-state index contributed by atoms with van der Waals surface area (Å²) < 4.78 is 23.0. The van der Waals surface area contributed by atoms with E-state index in [0.29, 0.717) is 13.1 Å². The minimum absolute atomic E-state index is 0.150. The molecular formula is C10H23NO3S. The molecule has 0 atom stereocenters. The van der Waals surface area contributed by atoms with Gasteiger partial charge < -0.3 is 10.0 Å². The minimum atomic E-state index is -2.97. The molecular weight excluding hydrogens is 214 g/mol. The zero-order valence-corrected chi connectivity index (χ0v) is 11.1. The van der Waals surface area contributed by atoms with Crippen molar-refractivity contribution in [1.29, 1.82) is 0 Å². The highest BCUT2D eigenvalue weighted by molar-refractivity contribution is 7.92. The molecule has 0 aliphatic rings. The summed E-state index contributed by atoms with van der Waals surface area (Å²) in [5, 5.41) is 9.21. The van der Waals surface area contributed by atoms with Gasteiger partial charge in [0, 0.05) is 13.1 Å². The summed E-state index contributed by atoms with van der Waals surface area (Å²) in [7, 11) is -1.16. The zero-order valence-electron chi connectivity index (χ0n) is 10.3. The van der Waals surface area contributed by atoms with Gasteiger partial charge >= 0.3 is 0 Å². The van der Waals surface area contributed by atoms with E-state index in [9.17, 15) is 13.5 Å². The van der Waals surface area contributed by atoms with Crippen LogP contribution >= 0.6 is 0 Å². The molecule has 0 saturated carbocycles. The van der Waals surface area contributed by atoms with Crippen LogP contribution in [0.3, 0.4) is 0 Å². The van der Waals surface area contributed by atoms with Gasteiger partial charge in [0.25, 0.3) is 0 Å². The maximum atomic E-state index is 11.5. The summed E-state index contributed by atoms with van der Waals surface area (Å²) in [6.07, 6.45) is 0. The number of aliphatic hydroxyl groups is 1. The van der Waals surface area contributed by atoms with Crippen LogP contribution in [0.25, 0.3) is 0 Å². The first-order chi connectivity index (χ1) is 6.54. The molecule has 0 bridgehead atoms. The van der Waals surface area contributed by atoms with Crippen LogP contribution in [0.2, 0.25) is 0 Å². The Labute approximate surface area is 93.2 Å². The monoisotopic (exact) mass is 237 g/mol. The van der Waals surface area contributed by atoms with Crippen LogP contribution < -0.4 is 0 Å². The van der Waals surface area contributed by atoms with E-state index in [4.69, 9.17) is 0 Å². The molecule has 5 heteroatoms. The molecule has 0 unspecified atom stereocenters. The van der Waals surface area contributed by atoms with Gasteiger partial charge in [-0.05, 0) is 34.7 Å². The molecule has 0 aromatic carbocycles. The van der Waals surface area contributed by atoms with Crippen molar-refractivity contribution in [3.05, 3.63) is 0 Å². The average molecular weight is 237 g/mol. The molecule has 0 spiro atoms. The molecule has 0 saturated heterocycles. The molecule has 0 aliphatic carbocycles. The van der Waals surface area contributed by atoms with Gasteiger partial charge in [-0.3, -0.25) is 0 Å².